The molecule has 1 rings (SSSR count). The van der Waals surface area contributed by atoms with Crippen molar-refractivity contribution in [1.82, 2.24) is 10.2 Å². The van der Waals surface area contributed by atoms with Gasteiger partial charge in [-0.3, -0.25) is 0 Å². The topological polar surface area (TPSA) is 58.4 Å². The van der Waals surface area contributed by atoms with E-state index in [1.54, 1.807) is 0 Å². The molecule has 1 fully saturated rings. The highest BCUT2D eigenvalue weighted by Crippen LogP contribution is 2.09. The summed E-state index contributed by atoms with van der Waals surface area (Å²) in [6.07, 6.45) is 4.77. The first kappa shape index (κ1) is 10.3. The van der Waals surface area contributed by atoms with Crippen LogP contribution in [0.15, 0.2) is 0 Å². The van der Waals surface area contributed by atoms with Gasteiger partial charge in [0, 0.05) is 26.2 Å². The highest BCUT2D eigenvalue weighted by Gasteiger charge is 2.13. The van der Waals surface area contributed by atoms with E-state index in [4.69, 9.17) is 5.73 Å². The quantitative estimate of drug-likeness (QED) is 0.659. The molecule has 76 valence electrons. The van der Waals surface area contributed by atoms with Gasteiger partial charge in [-0.05, 0) is 12.8 Å². The van der Waals surface area contributed by atoms with Crippen molar-refractivity contribution in [3.8, 4) is 0 Å². The van der Waals surface area contributed by atoms with Gasteiger partial charge in [0.05, 0.1) is 0 Å². The number of hydrogen-bond acceptors (Lipinski definition) is 2. The Labute approximate surface area is 79.5 Å². The number of rotatable bonds is 2. The Hall–Kier alpha value is -0.770. The summed E-state index contributed by atoms with van der Waals surface area (Å²) in [5.41, 5.74) is 5.30. The maximum atomic E-state index is 11.5. The largest absolute Gasteiger partial charge is 0.337 e. The summed E-state index contributed by atoms with van der Waals surface area (Å²) < 4.78 is 0. The molecular formula is C9H19N3O. The minimum absolute atomic E-state index is 0.0485. The molecule has 2 amide bonds. The van der Waals surface area contributed by atoms with Crippen molar-refractivity contribution < 1.29 is 4.79 Å². The predicted molar refractivity (Wildman–Crippen MR) is 52.5 cm³/mol. The molecule has 0 spiro atoms. The van der Waals surface area contributed by atoms with Gasteiger partial charge in [0.15, 0.2) is 0 Å². The number of nitrogens with two attached hydrogens (primary N) is 1. The van der Waals surface area contributed by atoms with E-state index in [1.807, 2.05) is 4.90 Å². The second kappa shape index (κ2) is 5.80. The zero-order valence-electron chi connectivity index (χ0n) is 8.09. The van der Waals surface area contributed by atoms with E-state index in [0.717, 1.165) is 25.9 Å². The van der Waals surface area contributed by atoms with Gasteiger partial charge in [-0.1, -0.05) is 12.8 Å². The van der Waals surface area contributed by atoms with E-state index in [1.165, 1.54) is 12.8 Å². The van der Waals surface area contributed by atoms with Crippen LogP contribution in [-0.2, 0) is 0 Å². The molecule has 1 aliphatic rings. The Bertz CT molecular complexity index is 153. The van der Waals surface area contributed by atoms with Crippen LogP contribution in [0.5, 0.6) is 0 Å². The molecule has 1 heterocycles. The van der Waals surface area contributed by atoms with Gasteiger partial charge in [-0.25, -0.2) is 4.79 Å². The molecule has 0 aliphatic carbocycles. The van der Waals surface area contributed by atoms with E-state index in [-0.39, 0.29) is 6.03 Å². The number of hydrogen-bond donors (Lipinski definition) is 2. The Morgan fingerprint density at radius 2 is 1.85 bits per heavy atom. The second-order valence-corrected chi connectivity index (χ2v) is 3.42. The van der Waals surface area contributed by atoms with E-state index < -0.39 is 0 Å². The number of nitrogens with one attached hydrogen (secondary N) is 1. The molecule has 4 nitrogen and oxygen atoms in total. The summed E-state index contributed by atoms with van der Waals surface area (Å²) in [5, 5.41) is 2.79. The number of likely N-dealkylation sites (tertiary alicyclic amines) is 1. The van der Waals surface area contributed by atoms with Gasteiger partial charge in [0.1, 0.15) is 0 Å². The molecule has 0 unspecified atom stereocenters. The lowest BCUT2D eigenvalue weighted by Gasteiger charge is -2.20. The molecule has 0 aromatic rings. The minimum Gasteiger partial charge on any atom is -0.337 e. The molecule has 0 radical (unpaired) electrons. The van der Waals surface area contributed by atoms with Crippen molar-refractivity contribution >= 4 is 6.03 Å². The molecule has 0 saturated carbocycles. The molecule has 0 aromatic carbocycles. The first-order valence-electron chi connectivity index (χ1n) is 5.07. The van der Waals surface area contributed by atoms with Crippen LogP contribution in [0, 0.1) is 0 Å². The highest BCUT2D eigenvalue weighted by molar-refractivity contribution is 5.74. The van der Waals surface area contributed by atoms with Gasteiger partial charge in [-0.2, -0.15) is 0 Å². The van der Waals surface area contributed by atoms with E-state index in [9.17, 15) is 4.79 Å². The van der Waals surface area contributed by atoms with Crippen molar-refractivity contribution in [2.75, 3.05) is 26.2 Å². The van der Waals surface area contributed by atoms with Crippen LogP contribution in [0.3, 0.4) is 0 Å². The van der Waals surface area contributed by atoms with Crippen LogP contribution in [0.2, 0.25) is 0 Å². The van der Waals surface area contributed by atoms with E-state index in [0.29, 0.717) is 13.1 Å². The minimum atomic E-state index is 0.0485. The zero-order valence-corrected chi connectivity index (χ0v) is 8.09. The monoisotopic (exact) mass is 185 g/mol. The fourth-order valence-electron chi connectivity index (χ4n) is 1.56. The van der Waals surface area contributed by atoms with Crippen LogP contribution in [0.4, 0.5) is 4.79 Å². The highest BCUT2D eigenvalue weighted by atomic mass is 16.2. The van der Waals surface area contributed by atoms with Crippen molar-refractivity contribution in [3.63, 3.8) is 0 Å². The van der Waals surface area contributed by atoms with Crippen molar-refractivity contribution in [2.24, 2.45) is 5.73 Å². The molecule has 13 heavy (non-hydrogen) atoms. The first-order valence-corrected chi connectivity index (χ1v) is 5.07. The summed E-state index contributed by atoms with van der Waals surface area (Å²) >= 11 is 0. The standard InChI is InChI=1S/C9H19N3O/c10-5-6-11-9(13)12-7-3-1-2-4-8-12/h1-8,10H2,(H,11,13). The molecule has 0 aromatic heterocycles. The average Bonchev–Trinajstić information content (AvgIpc) is 2.42. The van der Waals surface area contributed by atoms with Gasteiger partial charge in [-0.15, -0.1) is 0 Å². The maximum Gasteiger partial charge on any atom is 0.317 e. The normalized spacial score (nSPS) is 18.1. The molecule has 1 saturated heterocycles. The predicted octanol–water partition coefficient (Wildman–Crippen LogP) is 0.531. The van der Waals surface area contributed by atoms with Gasteiger partial charge in [0.2, 0.25) is 0 Å². The smallest absolute Gasteiger partial charge is 0.317 e. The summed E-state index contributed by atoms with van der Waals surface area (Å²) in [5.74, 6) is 0. The summed E-state index contributed by atoms with van der Waals surface area (Å²) in [7, 11) is 0. The lowest BCUT2D eigenvalue weighted by molar-refractivity contribution is 0.200. The number of nitrogens with zero attached hydrogens (tertiary/aromatic N) is 1. The fourth-order valence-corrected chi connectivity index (χ4v) is 1.56. The SMILES string of the molecule is NCCNC(=O)N1CCCCCC1. The third-order valence-corrected chi connectivity index (χ3v) is 2.31. The molecule has 4 heteroatoms. The van der Waals surface area contributed by atoms with Crippen molar-refractivity contribution in [1.29, 1.82) is 0 Å². The fraction of sp³-hybridized carbons (Fsp3) is 0.889. The Morgan fingerprint density at radius 1 is 1.23 bits per heavy atom. The Morgan fingerprint density at radius 3 is 2.38 bits per heavy atom. The van der Waals surface area contributed by atoms with Crippen molar-refractivity contribution in [3.05, 3.63) is 0 Å². The van der Waals surface area contributed by atoms with Crippen LogP contribution < -0.4 is 11.1 Å². The lowest BCUT2D eigenvalue weighted by Crippen LogP contribution is -2.42. The van der Waals surface area contributed by atoms with E-state index >= 15 is 0 Å². The Balaban J connectivity index is 2.26. The molecular weight excluding hydrogens is 166 g/mol. The van der Waals surface area contributed by atoms with Crippen LogP contribution in [0.25, 0.3) is 0 Å². The lowest BCUT2D eigenvalue weighted by atomic mass is 10.2. The molecule has 1 aliphatic heterocycles. The van der Waals surface area contributed by atoms with Crippen LogP contribution >= 0.6 is 0 Å². The van der Waals surface area contributed by atoms with Gasteiger partial charge < -0.3 is 16.0 Å². The number of urea groups is 1. The Kier molecular flexibility index (Phi) is 4.60. The third-order valence-electron chi connectivity index (χ3n) is 2.31. The summed E-state index contributed by atoms with van der Waals surface area (Å²) in [4.78, 5) is 13.4. The first-order chi connectivity index (χ1) is 6.34. The second-order valence-electron chi connectivity index (χ2n) is 3.42. The molecule has 0 atom stereocenters. The summed E-state index contributed by atoms with van der Waals surface area (Å²) in [6.45, 7) is 2.89. The number of amides is 2. The van der Waals surface area contributed by atoms with E-state index in [2.05, 4.69) is 5.32 Å². The number of carbonyl (C=O) groups is 1. The average molecular weight is 185 g/mol. The zero-order chi connectivity index (χ0) is 9.52. The number of carbonyl (C=O) groups excluding carboxylic acids is 1. The van der Waals surface area contributed by atoms with Crippen LogP contribution in [-0.4, -0.2) is 37.1 Å². The van der Waals surface area contributed by atoms with Crippen molar-refractivity contribution in [2.45, 2.75) is 25.7 Å². The third kappa shape index (κ3) is 3.63. The van der Waals surface area contributed by atoms with Gasteiger partial charge in [0.25, 0.3) is 0 Å². The van der Waals surface area contributed by atoms with Gasteiger partial charge >= 0.3 is 6.03 Å². The molecule has 3 N–H and O–H groups in total. The van der Waals surface area contributed by atoms with Crippen LogP contribution in [0.1, 0.15) is 25.7 Å². The maximum absolute atomic E-state index is 11.5. The summed E-state index contributed by atoms with van der Waals surface area (Å²) in [6, 6.07) is 0.0485. The molecule has 0 bridgehead atoms.